The lowest BCUT2D eigenvalue weighted by Gasteiger charge is -2.19. The number of hydrogen-bond donors (Lipinski definition) is 1. The molecule has 0 bridgehead atoms. The summed E-state index contributed by atoms with van der Waals surface area (Å²) in [5.41, 5.74) is 2.85. The Hall–Kier alpha value is -1.26. The highest BCUT2D eigenvalue weighted by Crippen LogP contribution is 2.64. The van der Waals surface area contributed by atoms with Gasteiger partial charge in [-0.25, -0.2) is 0 Å². The van der Waals surface area contributed by atoms with E-state index >= 15 is 0 Å². The van der Waals surface area contributed by atoms with E-state index in [9.17, 15) is 9.59 Å². The molecule has 1 amide bonds. The van der Waals surface area contributed by atoms with Gasteiger partial charge in [0.2, 0.25) is 0 Å². The molecule has 0 saturated heterocycles. The van der Waals surface area contributed by atoms with Crippen molar-refractivity contribution in [3.8, 4) is 0 Å². The van der Waals surface area contributed by atoms with Crippen molar-refractivity contribution in [2.24, 2.45) is 5.41 Å². The first-order chi connectivity index (χ1) is 10.5. The number of nitrogens with one attached hydrogen (secondary N) is 1. The standard InChI is InChI=1S/C17H21Cl2NO3/c1-9-6-10(2)13(11(3)7-9)20-14(21)12(4)23-15(22)16(5)8-17(16,18)19/h6-7,12H,8H2,1-5H3,(H,20,21). The molecular weight excluding hydrogens is 337 g/mol. The summed E-state index contributed by atoms with van der Waals surface area (Å²) < 4.78 is 4.12. The van der Waals surface area contributed by atoms with Crippen LogP contribution < -0.4 is 5.32 Å². The van der Waals surface area contributed by atoms with Crippen LogP contribution in [0.5, 0.6) is 0 Å². The number of anilines is 1. The number of esters is 1. The lowest BCUT2D eigenvalue weighted by molar-refractivity contribution is -0.158. The van der Waals surface area contributed by atoms with E-state index in [2.05, 4.69) is 5.32 Å². The maximum Gasteiger partial charge on any atom is 0.315 e. The van der Waals surface area contributed by atoms with Crippen LogP contribution in [0.15, 0.2) is 12.1 Å². The molecule has 2 atom stereocenters. The minimum Gasteiger partial charge on any atom is -0.452 e. The van der Waals surface area contributed by atoms with Crippen molar-refractivity contribution in [1.29, 1.82) is 0 Å². The number of halogens is 2. The van der Waals surface area contributed by atoms with Gasteiger partial charge in [0.05, 0.1) is 0 Å². The van der Waals surface area contributed by atoms with E-state index in [0.717, 1.165) is 22.4 Å². The summed E-state index contributed by atoms with van der Waals surface area (Å²) in [5.74, 6) is -0.935. The first kappa shape index (κ1) is 18.1. The summed E-state index contributed by atoms with van der Waals surface area (Å²) >= 11 is 11.9. The topological polar surface area (TPSA) is 55.4 Å². The van der Waals surface area contributed by atoms with E-state index < -0.39 is 21.8 Å². The SMILES string of the molecule is Cc1cc(C)c(NC(=O)C(C)OC(=O)C2(C)CC2(Cl)Cl)c(C)c1. The first-order valence-corrected chi connectivity index (χ1v) is 8.21. The molecule has 0 spiro atoms. The highest BCUT2D eigenvalue weighted by atomic mass is 35.5. The predicted molar refractivity (Wildman–Crippen MR) is 92.0 cm³/mol. The van der Waals surface area contributed by atoms with Crippen LogP contribution >= 0.6 is 23.2 Å². The third-order valence-corrected chi connectivity index (χ3v) is 5.39. The second-order valence-electron chi connectivity index (χ2n) is 6.52. The van der Waals surface area contributed by atoms with E-state index in [1.54, 1.807) is 6.92 Å². The first-order valence-electron chi connectivity index (χ1n) is 7.45. The summed E-state index contributed by atoms with van der Waals surface area (Å²) in [6, 6.07) is 3.97. The zero-order chi connectivity index (χ0) is 17.6. The number of carbonyl (C=O) groups is 2. The minimum atomic E-state index is -1.11. The van der Waals surface area contributed by atoms with Gasteiger partial charge in [-0.05, 0) is 45.7 Å². The Balaban J connectivity index is 2.03. The van der Waals surface area contributed by atoms with Crippen molar-refractivity contribution in [3.63, 3.8) is 0 Å². The lowest BCUT2D eigenvalue weighted by Crippen LogP contribution is -2.33. The fraction of sp³-hybridized carbons (Fsp3) is 0.529. The Bertz CT molecular complexity index is 649. The highest BCUT2D eigenvalue weighted by Gasteiger charge is 2.69. The number of rotatable bonds is 4. The van der Waals surface area contributed by atoms with E-state index in [-0.39, 0.29) is 5.91 Å². The molecule has 2 rings (SSSR count). The Morgan fingerprint density at radius 1 is 1.22 bits per heavy atom. The van der Waals surface area contributed by atoms with E-state index in [1.165, 1.54) is 6.92 Å². The summed E-state index contributed by atoms with van der Waals surface area (Å²) in [4.78, 5) is 24.4. The monoisotopic (exact) mass is 357 g/mol. The predicted octanol–water partition coefficient (Wildman–Crippen LogP) is 4.07. The van der Waals surface area contributed by atoms with Crippen LogP contribution in [0.2, 0.25) is 0 Å². The van der Waals surface area contributed by atoms with Gasteiger partial charge in [0.15, 0.2) is 6.10 Å². The second kappa shape index (κ2) is 5.99. The van der Waals surface area contributed by atoms with Gasteiger partial charge in [-0.1, -0.05) is 17.7 Å². The van der Waals surface area contributed by atoms with Gasteiger partial charge in [0.25, 0.3) is 5.91 Å². The van der Waals surface area contributed by atoms with Gasteiger partial charge in [0.1, 0.15) is 9.75 Å². The molecule has 1 aliphatic rings. The Kier molecular flexibility index (Phi) is 4.71. The number of alkyl halides is 2. The average molecular weight is 358 g/mol. The fourth-order valence-corrected chi connectivity index (χ4v) is 3.26. The van der Waals surface area contributed by atoms with Crippen LogP contribution in [0.3, 0.4) is 0 Å². The third-order valence-electron chi connectivity index (χ3n) is 4.29. The quantitative estimate of drug-likeness (QED) is 0.652. The molecule has 126 valence electrons. The molecular formula is C17H21Cl2NO3. The number of benzene rings is 1. The van der Waals surface area contributed by atoms with E-state index in [4.69, 9.17) is 27.9 Å². The number of carbonyl (C=O) groups excluding carboxylic acids is 2. The van der Waals surface area contributed by atoms with Gasteiger partial charge in [0, 0.05) is 12.1 Å². The van der Waals surface area contributed by atoms with Gasteiger partial charge < -0.3 is 10.1 Å². The van der Waals surface area contributed by atoms with Crippen molar-refractivity contribution in [1.82, 2.24) is 0 Å². The minimum absolute atomic E-state index is 0.326. The third kappa shape index (κ3) is 3.48. The Labute approximate surface area is 146 Å². The molecule has 0 aromatic heterocycles. The average Bonchev–Trinajstić information content (AvgIpc) is 2.93. The van der Waals surface area contributed by atoms with E-state index in [0.29, 0.717) is 6.42 Å². The van der Waals surface area contributed by atoms with Crippen molar-refractivity contribution < 1.29 is 14.3 Å². The summed E-state index contributed by atoms with van der Waals surface area (Å²) in [6.45, 7) is 9.01. The van der Waals surface area contributed by atoms with Crippen LogP contribution in [-0.2, 0) is 14.3 Å². The normalized spacial score (nSPS) is 23.1. The number of aryl methyl sites for hydroxylation is 3. The fourth-order valence-electron chi connectivity index (χ4n) is 2.57. The summed E-state index contributed by atoms with van der Waals surface area (Å²) in [7, 11) is 0. The van der Waals surface area contributed by atoms with Gasteiger partial charge in [-0.2, -0.15) is 0 Å². The zero-order valence-corrected chi connectivity index (χ0v) is 15.4. The van der Waals surface area contributed by atoms with Gasteiger partial charge in [-0.3, -0.25) is 9.59 Å². The molecule has 6 heteroatoms. The lowest BCUT2D eigenvalue weighted by atomic mass is 10.0. The number of amides is 1. The van der Waals surface area contributed by atoms with Gasteiger partial charge >= 0.3 is 5.97 Å². The maximum absolute atomic E-state index is 12.3. The Morgan fingerprint density at radius 2 is 1.70 bits per heavy atom. The van der Waals surface area contributed by atoms with Gasteiger partial charge in [-0.15, -0.1) is 23.2 Å². The largest absolute Gasteiger partial charge is 0.452 e. The molecule has 1 saturated carbocycles. The molecule has 4 nitrogen and oxygen atoms in total. The smallest absolute Gasteiger partial charge is 0.315 e. The van der Waals surface area contributed by atoms with Crippen molar-refractivity contribution >= 4 is 40.8 Å². The molecule has 1 aliphatic carbocycles. The van der Waals surface area contributed by atoms with Crippen LogP contribution in [-0.4, -0.2) is 22.3 Å². The molecule has 1 fully saturated rings. The second-order valence-corrected chi connectivity index (χ2v) is 8.01. The van der Waals surface area contributed by atoms with Crippen LogP contribution in [0.25, 0.3) is 0 Å². The number of ether oxygens (including phenoxy) is 1. The van der Waals surface area contributed by atoms with E-state index in [1.807, 2.05) is 32.9 Å². The molecule has 1 aromatic carbocycles. The molecule has 0 radical (unpaired) electrons. The Morgan fingerprint density at radius 3 is 2.13 bits per heavy atom. The maximum atomic E-state index is 12.3. The van der Waals surface area contributed by atoms with Crippen LogP contribution in [0, 0.1) is 26.2 Å². The van der Waals surface area contributed by atoms with Crippen LogP contribution in [0.1, 0.15) is 37.0 Å². The van der Waals surface area contributed by atoms with Crippen molar-refractivity contribution in [2.45, 2.75) is 51.5 Å². The van der Waals surface area contributed by atoms with Crippen molar-refractivity contribution in [2.75, 3.05) is 5.32 Å². The summed E-state index contributed by atoms with van der Waals surface area (Å²) in [5, 5.41) is 2.82. The molecule has 2 unspecified atom stereocenters. The van der Waals surface area contributed by atoms with Crippen LogP contribution in [0.4, 0.5) is 5.69 Å². The van der Waals surface area contributed by atoms with Crippen molar-refractivity contribution in [3.05, 3.63) is 28.8 Å². The molecule has 1 aromatic rings. The zero-order valence-electron chi connectivity index (χ0n) is 13.9. The summed E-state index contributed by atoms with van der Waals surface area (Å²) in [6.07, 6.45) is -0.601. The molecule has 0 heterocycles. The molecule has 23 heavy (non-hydrogen) atoms. The molecule has 0 aliphatic heterocycles. The number of hydrogen-bond acceptors (Lipinski definition) is 3. The highest BCUT2D eigenvalue weighted by molar-refractivity contribution is 6.53. The molecule has 1 N–H and O–H groups in total.